The van der Waals surface area contributed by atoms with Gasteiger partial charge in [0.2, 0.25) is 0 Å². The number of halogens is 1. The van der Waals surface area contributed by atoms with Crippen LogP contribution in [0.15, 0.2) is 12.3 Å². The summed E-state index contributed by atoms with van der Waals surface area (Å²) in [5, 5.41) is 9.95. The number of nitrogens with zero attached hydrogens (tertiary/aromatic N) is 2. The minimum absolute atomic E-state index is 0. The van der Waals surface area contributed by atoms with Crippen molar-refractivity contribution in [2.45, 2.75) is 12.8 Å². The molecule has 2 N–H and O–H groups in total. The third-order valence-corrected chi connectivity index (χ3v) is 3.79. The monoisotopic (exact) mass is 256 g/mol. The molecule has 1 aromatic rings. The molecule has 1 unspecified atom stereocenters. The van der Waals surface area contributed by atoms with Gasteiger partial charge in [-0.25, -0.2) is 0 Å². The molecule has 17 heavy (non-hydrogen) atoms. The number of nitrogens with one attached hydrogen (secondary N) is 2. The van der Waals surface area contributed by atoms with Crippen molar-refractivity contribution < 1.29 is 4.79 Å². The molecule has 2 aliphatic rings. The summed E-state index contributed by atoms with van der Waals surface area (Å²) >= 11 is 0. The van der Waals surface area contributed by atoms with E-state index in [1.807, 2.05) is 4.90 Å². The number of carbonyl (C=O) groups excluding carboxylic acids is 1. The summed E-state index contributed by atoms with van der Waals surface area (Å²) in [6.07, 6.45) is 3.94. The van der Waals surface area contributed by atoms with Crippen LogP contribution in [0.25, 0.3) is 0 Å². The molecule has 1 amide bonds. The molecule has 94 valence electrons. The normalized spacial score (nSPS) is 27.4. The van der Waals surface area contributed by atoms with Crippen molar-refractivity contribution in [2.75, 3.05) is 26.2 Å². The number of H-pyrrole nitrogens is 1. The Labute approximate surface area is 106 Å². The maximum atomic E-state index is 12.1. The van der Waals surface area contributed by atoms with Gasteiger partial charge in [-0.1, -0.05) is 0 Å². The van der Waals surface area contributed by atoms with Gasteiger partial charge in [0.05, 0.1) is 0 Å². The Morgan fingerprint density at radius 1 is 1.47 bits per heavy atom. The quantitative estimate of drug-likeness (QED) is 0.776. The van der Waals surface area contributed by atoms with E-state index in [9.17, 15) is 4.79 Å². The van der Waals surface area contributed by atoms with Gasteiger partial charge in [0.25, 0.3) is 5.91 Å². The average Bonchev–Trinajstić information content (AvgIpc) is 3.01. The van der Waals surface area contributed by atoms with Crippen molar-refractivity contribution in [2.24, 2.45) is 5.41 Å². The van der Waals surface area contributed by atoms with E-state index < -0.39 is 0 Å². The molecule has 2 aliphatic heterocycles. The molecule has 0 bridgehead atoms. The second-order valence-corrected chi connectivity index (χ2v) is 4.87. The number of rotatable bonds is 1. The summed E-state index contributed by atoms with van der Waals surface area (Å²) in [6, 6.07) is 1.74. The lowest BCUT2D eigenvalue weighted by Crippen LogP contribution is -2.33. The molecule has 2 fully saturated rings. The van der Waals surface area contributed by atoms with Gasteiger partial charge in [0.15, 0.2) is 0 Å². The van der Waals surface area contributed by atoms with E-state index in [0.29, 0.717) is 11.1 Å². The van der Waals surface area contributed by atoms with Gasteiger partial charge in [0.1, 0.15) is 5.69 Å². The highest BCUT2D eigenvalue weighted by Crippen LogP contribution is 2.36. The first-order valence-corrected chi connectivity index (χ1v) is 5.79. The van der Waals surface area contributed by atoms with Crippen molar-refractivity contribution in [1.82, 2.24) is 20.4 Å². The molecule has 2 saturated heterocycles. The van der Waals surface area contributed by atoms with E-state index in [2.05, 4.69) is 15.5 Å². The molecular formula is C11H17ClN4O. The number of carbonyl (C=O) groups is 1. The van der Waals surface area contributed by atoms with Crippen molar-refractivity contribution in [3.8, 4) is 0 Å². The molecule has 1 atom stereocenters. The zero-order chi connectivity index (χ0) is 11.0. The third-order valence-electron chi connectivity index (χ3n) is 3.79. The standard InChI is InChI=1S/C11H16N4O.ClH/c16-10(9-1-4-13-14-9)15-6-3-11(8-15)2-5-12-7-11;/h1,4,12H,2-3,5-8H2,(H,13,14);1H. The summed E-state index contributed by atoms with van der Waals surface area (Å²) in [4.78, 5) is 14.0. The van der Waals surface area contributed by atoms with Crippen molar-refractivity contribution in [3.63, 3.8) is 0 Å². The van der Waals surface area contributed by atoms with E-state index in [1.54, 1.807) is 12.3 Å². The van der Waals surface area contributed by atoms with Crippen LogP contribution in [0.1, 0.15) is 23.3 Å². The molecule has 0 aliphatic carbocycles. The van der Waals surface area contributed by atoms with Gasteiger partial charge in [0, 0.05) is 31.2 Å². The number of aromatic nitrogens is 2. The number of aromatic amines is 1. The lowest BCUT2D eigenvalue weighted by atomic mass is 9.87. The second-order valence-electron chi connectivity index (χ2n) is 4.87. The molecular weight excluding hydrogens is 240 g/mol. The van der Waals surface area contributed by atoms with Crippen LogP contribution in [0, 0.1) is 5.41 Å². The van der Waals surface area contributed by atoms with Crippen LogP contribution < -0.4 is 5.32 Å². The highest BCUT2D eigenvalue weighted by atomic mass is 35.5. The molecule has 5 nitrogen and oxygen atoms in total. The highest BCUT2D eigenvalue weighted by Gasteiger charge is 2.42. The van der Waals surface area contributed by atoms with Gasteiger partial charge in [-0.2, -0.15) is 5.10 Å². The fourth-order valence-corrected chi connectivity index (χ4v) is 2.80. The Balaban J connectivity index is 0.00000108. The number of amides is 1. The van der Waals surface area contributed by atoms with Crippen LogP contribution in [-0.2, 0) is 0 Å². The molecule has 3 rings (SSSR count). The van der Waals surface area contributed by atoms with Gasteiger partial charge < -0.3 is 10.2 Å². The summed E-state index contributed by atoms with van der Waals surface area (Å²) < 4.78 is 0. The topological polar surface area (TPSA) is 61.0 Å². The molecule has 0 aromatic carbocycles. The Hall–Kier alpha value is -1.07. The predicted molar refractivity (Wildman–Crippen MR) is 66.3 cm³/mol. The van der Waals surface area contributed by atoms with Crippen molar-refractivity contribution in [3.05, 3.63) is 18.0 Å². The first-order valence-electron chi connectivity index (χ1n) is 5.79. The number of hydrogen-bond donors (Lipinski definition) is 2. The Morgan fingerprint density at radius 3 is 3.00 bits per heavy atom. The average molecular weight is 257 g/mol. The van der Waals surface area contributed by atoms with Gasteiger partial charge in [-0.05, 0) is 25.5 Å². The van der Waals surface area contributed by atoms with E-state index in [0.717, 1.165) is 32.6 Å². The van der Waals surface area contributed by atoms with Crippen LogP contribution in [0.5, 0.6) is 0 Å². The first kappa shape index (κ1) is 12.4. The molecule has 0 radical (unpaired) electrons. The van der Waals surface area contributed by atoms with Crippen LogP contribution in [0.3, 0.4) is 0 Å². The molecule has 1 aromatic heterocycles. The largest absolute Gasteiger partial charge is 0.337 e. The Kier molecular flexibility index (Phi) is 3.40. The minimum atomic E-state index is 0. The van der Waals surface area contributed by atoms with E-state index >= 15 is 0 Å². The smallest absolute Gasteiger partial charge is 0.271 e. The van der Waals surface area contributed by atoms with Crippen LogP contribution in [-0.4, -0.2) is 47.2 Å². The molecule has 0 saturated carbocycles. The Morgan fingerprint density at radius 2 is 2.35 bits per heavy atom. The second kappa shape index (κ2) is 4.66. The van der Waals surface area contributed by atoms with E-state index in [-0.39, 0.29) is 18.3 Å². The Bertz CT molecular complexity index is 386. The zero-order valence-corrected chi connectivity index (χ0v) is 10.4. The SMILES string of the molecule is Cl.O=C(c1ccn[nH]1)N1CCC2(CCNC2)C1. The van der Waals surface area contributed by atoms with Gasteiger partial charge in [-0.15, -0.1) is 12.4 Å². The predicted octanol–water partition coefficient (Wildman–Crippen LogP) is 0.657. The molecule has 1 spiro atoms. The lowest BCUT2D eigenvalue weighted by molar-refractivity contribution is 0.0770. The molecule has 6 heteroatoms. The fourth-order valence-electron chi connectivity index (χ4n) is 2.80. The fraction of sp³-hybridized carbons (Fsp3) is 0.636. The first-order chi connectivity index (χ1) is 7.79. The lowest BCUT2D eigenvalue weighted by Gasteiger charge is -2.22. The van der Waals surface area contributed by atoms with Gasteiger partial charge >= 0.3 is 0 Å². The summed E-state index contributed by atoms with van der Waals surface area (Å²) in [5.41, 5.74) is 0.943. The number of likely N-dealkylation sites (tertiary alicyclic amines) is 1. The minimum Gasteiger partial charge on any atom is -0.337 e. The van der Waals surface area contributed by atoms with Crippen molar-refractivity contribution in [1.29, 1.82) is 0 Å². The van der Waals surface area contributed by atoms with Crippen LogP contribution in [0.2, 0.25) is 0 Å². The summed E-state index contributed by atoms with van der Waals surface area (Å²) in [7, 11) is 0. The third kappa shape index (κ3) is 2.17. The summed E-state index contributed by atoms with van der Waals surface area (Å²) in [5.74, 6) is 0.0845. The van der Waals surface area contributed by atoms with E-state index in [1.165, 1.54) is 6.42 Å². The zero-order valence-electron chi connectivity index (χ0n) is 9.61. The van der Waals surface area contributed by atoms with Crippen molar-refractivity contribution >= 4 is 18.3 Å². The maximum Gasteiger partial charge on any atom is 0.271 e. The summed E-state index contributed by atoms with van der Waals surface area (Å²) in [6.45, 7) is 3.91. The maximum absolute atomic E-state index is 12.1. The highest BCUT2D eigenvalue weighted by molar-refractivity contribution is 5.92. The van der Waals surface area contributed by atoms with Gasteiger partial charge in [-0.3, -0.25) is 9.89 Å². The van der Waals surface area contributed by atoms with Crippen LogP contribution >= 0.6 is 12.4 Å². The number of hydrogen-bond acceptors (Lipinski definition) is 3. The molecule has 3 heterocycles. The van der Waals surface area contributed by atoms with Crippen LogP contribution in [0.4, 0.5) is 0 Å². The van der Waals surface area contributed by atoms with E-state index in [4.69, 9.17) is 0 Å².